The Bertz CT molecular complexity index is 7730. The Morgan fingerprint density at radius 2 is 0.587 bits per heavy atom. The van der Waals surface area contributed by atoms with Gasteiger partial charge in [0.2, 0.25) is 23.8 Å². The van der Waals surface area contributed by atoms with Crippen molar-refractivity contribution in [1.29, 1.82) is 0 Å². The molecule has 0 spiro atoms. The van der Waals surface area contributed by atoms with Crippen LogP contribution in [0.15, 0.2) is 350 Å². The number of hydrogen-bond donors (Lipinski definition) is 8. The highest BCUT2D eigenvalue weighted by molar-refractivity contribution is 5.82. The van der Waals surface area contributed by atoms with Gasteiger partial charge in [-0.2, -0.15) is 73.1 Å². The van der Waals surface area contributed by atoms with Gasteiger partial charge >= 0.3 is 24.7 Å². The third-order valence-corrected chi connectivity index (χ3v) is 21.1. The molecule has 44 heteroatoms. The third kappa shape index (κ3) is 30.5. The summed E-state index contributed by atoms with van der Waals surface area (Å²) in [6.07, 6.45) is 10.6. The van der Waals surface area contributed by atoms with E-state index in [1.54, 1.807) is 85.5 Å². The lowest BCUT2D eigenvalue weighted by Gasteiger charge is -2.10. The standard InChI is InChI=1S/C29H21F4N7.C28H19F4N7.C25H21F4N7.C24H19F4N7/c30-26-18-36-28(39-27(26)21-12-20(14-34-15-21)11-19-5-2-1-3-6-19)40-37-17-24-9-10-25(16-35-24)38-23-8-4-7-22(13-23)29(31,32)33;29-24-17-35-27(38-26(24)19-9-12-25(34-14-19)18-5-2-1-3-6-18)39-36-16-22-10-11-23(15-33-22)37-21-8-4-7-20(13-21)28(30,31)32;1-15(2)16-8-17(11-30-10-16)23-22(26)14-32-24(35-23)36-33-13-20-6-7-21(12-31-20)34-19-5-3-4-18(9-19)25(27,28)29;1-2-15-8-16(11-29-10-15)22-21(25)14-31-23(34-22)35-32-13-19-6-7-20(12-30-19)33-18-5-3-4-17(9-18)24(26,27)28/h1-10,12-18,38H,11H2,(H,36,39,40);1-17,37H,(H,35,38,39);3-15,34H,1-2H3,(H,32,35,36);3-14,33H,2H2,1H3,(H,31,34,35)/b37-17+;36-16+;33-13+;32-13+. The first-order chi connectivity index (χ1) is 72.2. The summed E-state index contributed by atoms with van der Waals surface area (Å²) >= 11 is 0. The second kappa shape index (κ2) is 48.9. The first kappa shape index (κ1) is 105. The van der Waals surface area contributed by atoms with Crippen LogP contribution in [0, 0.1) is 23.3 Å². The van der Waals surface area contributed by atoms with Gasteiger partial charge in [-0.3, -0.25) is 39.9 Å². The molecule has 0 bridgehead atoms. The fraction of sp³-hybridized carbons (Fsp3) is 0.0943. The number of pyridine rings is 8. The van der Waals surface area contributed by atoms with Crippen molar-refractivity contribution >= 4 is 94.2 Å². The van der Waals surface area contributed by atoms with E-state index in [2.05, 4.69) is 143 Å². The zero-order valence-electron chi connectivity index (χ0n) is 78.5. The molecule has 0 fully saturated rings. The lowest BCUT2D eigenvalue weighted by molar-refractivity contribution is -0.138. The van der Waals surface area contributed by atoms with E-state index >= 15 is 0 Å². The molecule has 756 valence electrons. The van der Waals surface area contributed by atoms with Crippen LogP contribution in [-0.4, -0.2) is 105 Å². The average Bonchev–Trinajstić information content (AvgIpc) is 0.826. The maximum atomic E-state index is 14.6. The zero-order valence-corrected chi connectivity index (χ0v) is 78.5. The first-order valence-electron chi connectivity index (χ1n) is 45.0. The van der Waals surface area contributed by atoms with Crippen molar-refractivity contribution in [2.24, 2.45) is 20.4 Å². The molecule has 0 amide bonds. The van der Waals surface area contributed by atoms with Gasteiger partial charge in [-0.15, -0.1) is 0 Å². The van der Waals surface area contributed by atoms with Crippen LogP contribution in [0.1, 0.15) is 94.0 Å². The minimum absolute atomic E-state index is 0.0672. The highest BCUT2D eigenvalue weighted by atomic mass is 19.4. The average molecular weight is 2050 g/mol. The van der Waals surface area contributed by atoms with Crippen molar-refractivity contribution < 1.29 is 70.2 Å². The molecule has 6 aromatic carbocycles. The van der Waals surface area contributed by atoms with E-state index in [1.165, 1.54) is 117 Å². The van der Waals surface area contributed by atoms with Crippen LogP contribution in [-0.2, 0) is 37.5 Å². The van der Waals surface area contributed by atoms with Gasteiger partial charge in [-0.05, 0) is 193 Å². The molecule has 0 unspecified atom stereocenters. The number of aryl methyl sites for hydroxylation is 1. The number of nitrogens with zero attached hydrogens (tertiary/aromatic N) is 20. The molecular formula is C106H80F16N28. The Balaban J connectivity index is 0.000000150. The molecule has 18 aromatic rings. The lowest BCUT2D eigenvalue weighted by Crippen LogP contribution is -2.05. The van der Waals surface area contributed by atoms with E-state index in [1.807, 2.05) is 99.6 Å². The summed E-state index contributed by atoms with van der Waals surface area (Å²) in [6.45, 7) is 6.00. The van der Waals surface area contributed by atoms with Crippen molar-refractivity contribution in [1.82, 2.24) is 79.7 Å². The Hall–Kier alpha value is -19.2. The van der Waals surface area contributed by atoms with E-state index in [-0.39, 0.29) is 75.2 Å². The highest BCUT2D eigenvalue weighted by Crippen LogP contribution is 2.38. The molecule has 12 aromatic heterocycles. The SMILES string of the molecule is CC(C)c1cncc(-c2nc(N/N=C/c3ccc(Nc4cccc(C(F)(F)F)c4)cn3)ncc2F)c1.CCc1cncc(-c2nc(N/N=C/c3ccc(Nc4cccc(C(F)(F)F)c4)cn3)ncc2F)c1.Fc1cnc(N/N=C/c2ccc(Nc3cccc(C(F)(F)F)c3)cn2)nc1-c1ccc(-c2ccccc2)nc1.Fc1cnc(N/N=C/c2ccc(Nc3cccc(C(F)(F)F)c3)cn2)nc1-c1cncc(Cc2ccccc2)c1. The van der Waals surface area contributed by atoms with Crippen LogP contribution in [0.5, 0.6) is 0 Å². The van der Waals surface area contributed by atoms with Crippen LogP contribution in [0.2, 0.25) is 0 Å². The van der Waals surface area contributed by atoms with Crippen molar-refractivity contribution in [3.63, 3.8) is 0 Å². The maximum Gasteiger partial charge on any atom is 0.416 e. The normalized spacial score (nSPS) is 11.6. The number of nitrogens with one attached hydrogen (secondary N) is 8. The van der Waals surface area contributed by atoms with E-state index in [0.717, 1.165) is 113 Å². The van der Waals surface area contributed by atoms with E-state index < -0.39 is 70.2 Å². The number of benzene rings is 6. The second-order valence-corrected chi connectivity index (χ2v) is 32.4. The van der Waals surface area contributed by atoms with Crippen molar-refractivity contribution in [2.45, 2.75) is 64.2 Å². The quantitative estimate of drug-likeness (QED) is 0.0123. The van der Waals surface area contributed by atoms with Gasteiger partial charge in [0.1, 0.15) is 22.8 Å². The maximum absolute atomic E-state index is 14.6. The van der Waals surface area contributed by atoms with Crippen molar-refractivity contribution in [3.8, 4) is 56.3 Å². The number of halogens is 16. The smallest absolute Gasteiger partial charge is 0.354 e. The third-order valence-electron chi connectivity index (χ3n) is 21.1. The number of aromatic nitrogens is 16. The molecule has 0 radical (unpaired) electrons. The van der Waals surface area contributed by atoms with Crippen LogP contribution < -0.4 is 43.0 Å². The number of alkyl halides is 12. The first-order valence-corrected chi connectivity index (χ1v) is 45.0. The Kier molecular flexibility index (Phi) is 34.3. The number of anilines is 12. The molecule has 0 atom stereocenters. The molecule has 12 heterocycles. The zero-order chi connectivity index (χ0) is 106. The van der Waals surface area contributed by atoms with Crippen LogP contribution in [0.25, 0.3) is 56.3 Å². The highest BCUT2D eigenvalue weighted by Gasteiger charge is 2.34. The van der Waals surface area contributed by atoms with E-state index in [9.17, 15) is 70.2 Å². The lowest BCUT2D eigenvalue weighted by atomic mass is 10.0. The summed E-state index contributed by atoms with van der Waals surface area (Å²) < 4.78 is 212. The molecular weight excluding hydrogens is 1970 g/mol. The minimum Gasteiger partial charge on any atom is -0.354 e. The summed E-state index contributed by atoms with van der Waals surface area (Å²) in [6, 6.07) is 61.0. The summed E-state index contributed by atoms with van der Waals surface area (Å²) in [5.41, 5.74) is 20.6. The fourth-order valence-electron chi connectivity index (χ4n) is 13.7. The van der Waals surface area contributed by atoms with Gasteiger partial charge in [0.15, 0.2) is 23.3 Å². The number of hydrazone groups is 4. The fourth-order valence-corrected chi connectivity index (χ4v) is 13.7. The predicted octanol–water partition coefficient (Wildman–Crippen LogP) is 26.1. The van der Waals surface area contributed by atoms with Gasteiger partial charge in [-0.1, -0.05) is 106 Å². The van der Waals surface area contributed by atoms with Crippen molar-refractivity contribution in [2.75, 3.05) is 43.0 Å². The monoisotopic (exact) mass is 2050 g/mol. The topological polar surface area (TPSA) is 352 Å². The Morgan fingerprint density at radius 1 is 0.267 bits per heavy atom. The largest absolute Gasteiger partial charge is 0.416 e. The van der Waals surface area contributed by atoms with Gasteiger partial charge < -0.3 is 21.3 Å². The van der Waals surface area contributed by atoms with Gasteiger partial charge in [0.05, 0.1) is 148 Å². The molecule has 150 heavy (non-hydrogen) atoms. The predicted molar refractivity (Wildman–Crippen MR) is 540 cm³/mol. The minimum atomic E-state index is -4.43. The van der Waals surface area contributed by atoms with Crippen LogP contribution in [0.4, 0.5) is 140 Å². The summed E-state index contributed by atoms with van der Waals surface area (Å²) in [5.74, 6) is -1.84. The molecule has 0 aliphatic carbocycles. The molecule has 0 saturated carbocycles. The van der Waals surface area contributed by atoms with Crippen LogP contribution in [0.3, 0.4) is 0 Å². The molecule has 18 rings (SSSR count). The Morgan fingerprint density at radius 3 is 0.900 bits per heavy atom. The van der Waals surface area contributed by atoms with E-state index in [4.69, 9.17) is 0 Å². The number of hydrogen-bond acceptors (Lipinski definition) is 28. The molecule has 0 aliphatic heterocycles. The number of rotatable bonds is 29. The van der Waals surface area contributed by atoms with Gasteiger partial charge in [0, 0.05) is 93.9 Å². The Labute approximate surface area is 844 Å². The summed E-state index contributed by atoms with van der Waals surface area (Å²) in [7, 11) is 0. The second-order valence-electron chi connectivity index (χ2n) is 32.4. The molecule has 0 saturated heterocycles. The van der Waals surface area contributed by atoms with Crippen LogP contribution >= 0.6 is 0 Å². The summed E-state index contributed by atoms with van der Waals surface area (Å²) in [4.78, 5) is 66.2. The van der Waals surface area contributed by atoms with Crippen molar-refractivity contribution in [3.05, 3.63) is 420 Å². The van der Waals surface area contributed by atoms with Gasteiger partial charge in [-0.25, -0.2) is 79.1 Å². The molecule has 0 aliphatic rings. The van der Waals surface area contributed by atoms with Gasteiger partial charge in [0.25, 0.3) is 0 Å². The summed E-state index contributed by atoms with van der Waals surface area (Å²) in [5, 5.41) is 27.7. The molecule has 28 nitrogen and oxygen atoms in total. The molecule has 8 N–H and O–H groups in total. The van der Waals surface area contributed by atoms with E-state index in [0.29, 0.717) is 74.2 Å².